The van der Waals surface area contributed by atoms with E-state index in [1.165, 1.54) is 4.88 Å². The molecule has 2 nitrogen and oxygen atoms in total. The Bertz CT molecular complexity index is 345. The molecule has 4 heteroatoms. The minimum atomic E-state index is 0.0814. The highest BCUT2D eigenvalue weighted by atomic mass is 35.5. The highest BCUT2D eigenvalue weighted by Gasteiger charge is 2.33. The van der Waals surface area contributed by atoms with E-state index in [-0.39, 0.29) is 17.6 Å². The maximum absolute atomic E-state index is 6.02. The van der Waals surface area contributed by atoms with Gasteiger partial charge in [-0.1, -0.05) is 39.3 Å². The molecule has 1 heterocycles. The molecule has 1 N–H and O–H groups in total. The molecule has 0 saturated carbocycles. The Morgan fingerprint density at radius 3 is 2.41 bits per heavy atom. The van der Waals surface area contributed by atoms with Crippen LogP contribution in [0.3, 0.4) is 0 Å². The fraction of sp³-hybridized carbons (Fsp3) is 0.692. The zero-order valence-corrected chi connectivity index (χ0v) is 12.8. The number of halogens is 1. The van der Waals surface area contributed by atoms with Gasteiger partial charge in [-0.3, -0.25) is 0 Å². The number of hydrogen-bond acceptors (Lipinski definition) is 3. The summed E-state index contributed by atoms with van der Waals surface area (Å²) in [6.07, 6.45) is 0.122. The second-order valence-electron chi connectivity index (χ2n) is 5.20. The number of methoxy groups -OCH3 is 1. The lowest BCUT2D eigenvalue weighted by Gasteiger charge is -2.36. The van der Waals surface area contributed by atoms with Crippen molar-refractivity contribution in [1.82, 2.24) is 5.32 Å². The van der Waals surface area contributed by atoms with Gasteiger partial charge in [0, 0.05) is 12.0 Å². The monoisotopic (exact) mass is 275 g/mol. The quantitative estimate of drug-likeness (QED) is 0.873. The molecule has 2 unspecified atom stereocenters. The SMILES string of the molecule is CCNC(c1ccc(Cl)s1)C(OC)C(C)(C)C. The summed E-state index contributed by atoms with van der Waals surface area (Å²) in [6.45, 7) is 9.61. The zero-order chi connectivity index (χ0) is 13.1. The molecule has 98 valence electrons. The Balaban J connectivity index is 2.99. The van der Waals surface area contributed by atoms with Crippen molar-refractivity contribution in [2.75, 3.05) is 13.7 Å². The molecule has 0 aromatic carbocycles. The molecule has 1 rings (SSSR count). The van der Waals surface area contributed by atoms with E-state index in [9.17, 15) is 0 Å². The third-order valence-electron chi connectivity index (χ3n) is 2.73. The minimum Gasteiger partial charge on any atom is -0.379 e. The molecule has 0 aliphatic carbocycles. The smallest absolute Gasteiger partial charge is 0.0931 e. The van der Waals surface area contributed by atoms with Gasteiger partial charge in [0.05, 0.1) is 16.5 Å². The van der Waals surface area contributed by atoms with E-state index >= 15 is 0 Å². The second kappa shape index (κ2) is 6.19. The van der Waals surface area contributed by atoms with Crippen LogP contribution in [0.5, 0.6) is 0 Å². The summed E-state index contributed by atoms with van der Waals surface area (Å²) < 4.78 is 6.52. The number of nitrogens with one attached hydrogen (secondary N) is 1. The predicted molar refractivity (Wildman–Crippen MR) is 76.0 cm³/mol. The fourth-order valence-corrected chi connectivity index (χ4v) is 3.22. The molecule has 1 aromatic rings. The minimum absolute atomic E-state index is 0.0814. The van der Waals surface area contributed by atoms with Crippen LogP contribution in [0.1, 0.15) is 38.6 Å². The van der Waals surface area contributed by atoms with Gasteiger partial charge in [0.15, 0.2) is 0 Å². The van der Waals surface area contributed by atoms with Crippen molar-refractivity contribution in [3.05, 3.63) is 21.3 Å². The van der Waals surface area contributed by atoms with E-state index in [1.54, 1.807) is 18.4 Å². The molecule has 0 radical (unpaired) electrons. The standard InChI is InChI=1S/C13H22ClNOS/c1-6-15-11(9-7-8-10(14)17-9)12(16-5)13(2,3)4/h7-8,11-12,15H,6H2,1-5H3. The van der Waals surface area contributed by atoms with Crippen molar-refractivity contribution in [2.45, 2.75) is 39.8 Å². The van der Waals surface area contributed by atoms with Crippen LogP contribution >= 0.6 is 22.9 Å². The van der Waals surface area contributed by atoms with E-state index in [0.29, 0.717) is 0 Å². The number of rotatable bonds is 5. The van der Waals surface area contributed by atoms with Crippen LogP contribution in [0.25, 0.3) is 0 Å². The molecule has 0 amide bonds. The van der Waals surface area contributed by atoms with Crippen molar-refractivity contribution < 1.29 is 4.74 Å². The van der Waals surface area contributed by atoms with Crippen LogP contribution in [-0.4, -0.2) is 19.8 Å². The predicted octanol–water partition coefficient (Wildman–Crippen LogP) is 4.11. The van der Waals surface area contributed by atoms with Crippen LogP contribution in [0.4, 0.5) is 0 Å². The summed E-state index contributed by atoms with van der Waals surface area (Å²) >= 11 is 7.64. The molecular weight excluding hydrogens is 254 g/mol. The van der Waals surface area contributed by atoms with E-state index in [4.69, 9.17) is 16.3 Å². The lowest BCUT2D eigenvalue weighted by molar-refractivity contribution is -0.0107. The van der Waals surface area contributed by atoms with Gasteiger partial charge in [-0.15, -0.1) is 11.3 Å². The highest BCUT2D eigenvalue weighted by Crippen LogP contribution is 2.36. The Morgan fingerprint density at radius 1 is 1.41 bits per heavy atom. The Hall–Kier alpha value is -0.0900. The van der Waals surface area contributed by atoms with Gasteiger partial charge >= 0.3 is 0 Å². The van der Waals surface area contributed by atoms with Crippen LogP contribution in [0, 0.1) is 5.41 Å². The first-order valence-corrected chi connectivity index (χ1v) is 7.11. The van der Waals surface area contributed by atoms with Crippen LogP contribution < -0.4 is 5.32 Å². The summed E-state index contributed by atoms with van der Waals surface area (Å²) in [5, 5.41) is 3.50. The summed E-state index contributed by atoms with van der Waals surface area (Å²) in [7, 11) is 1.77. The summed E-state index contributed by atoms with van der Waals surface area (Å²) in [4.78, 5) is 1.23. The van der Waals surface area contributed by atoms with Crippen molar-refractivity contribution in [3.8, 4) is 0 Å². The molecule has 0 fully saturated rings. The molecule has 0 saturated heterocycles. The van der Waals surface area contributed by atoms with Crippen molar-refractivity contribution in [2.24, 2.45) is 5.41 Å². The molecule has 0 bridgehead atoms. The first kappa shape index (κ1) is 15.0. The lowest BCUT2D eigenvalue weighted by Crippen LogP contribution is -2.41. The largest absolute Gasteiger partial charge is 0.379 e. The molecule has 0 aliphatic heterocycles. The van der Waals surface area contributed by atoms with Gasteiger partial charge in [0.1, 0.15) is 0 Å². The summed E-state index contributed by atoms with van der Waals surface area (Å²) in [6, 6.07) is 4.22. The Kier molecular flexibility index (Phi) is 5.45. The second-order valence-corrected chi connectivity index (χ2v) is 6.95. The summed E-state index contributed by atoms with van der Waals surface area (Å²) in [5.41, 5.74) is 0.0814. The van der Waals surface area contributed by atoms with Crippen LogP contribution in [0.15, 0.2) is 12.1 Å². The van der Waals surface area contributed by atoms with E-state index in [1.807, 2.05) is 6.07 Å². The molecule has 2 atom stereocenters. The third-order valence-corrected chi connectivity index (χ3v) is 4.05. The number of hydrogen-bond donors (Lipinski definition) is 1. The van der Waals surface area contributed by atoms with E-state index < -0.39 is 0 Å². The molecule has 17 heavy (non-hydrogen) atoms. The normalized spacial score (nSPS) is 15.9. The third kappa shape index (κ3) is 3.95. The maximum Gasteiger partial charge on any atom is 0.0931 e. The van der Waals surface area contributed by atoms with E-state index in [0.717, 1.165) is 10.9 Å². The highest BCUT2D eigenvalue weighted by molar-refractivity contribution is 7.16. The van der Waals surface area contributed by atoms with Gasteiger partial charge in [-0.2, -0.15) is 0 Å². The van der Waals surface area contributed by atoms with Gasteiger partial charge in [-0.25, -0.2) is 0 Å². The van der Waals surface area contributed by atoms with Crippen molar-refractivity contribution >= 4 is 22.9 Å². The molecule has 0 aliphatic rings. The van der Waals surface area contributed by atoms with Crippen LogP contribution in [0.2, 0.25) is 4.34 Å². The molecule has 0 spiro atoms. The zero-order valence-electron chi connectivity index (χ0n) is 11.2. The fourth-order valence-electron chi connectivity index (χ4n) is 2.06. The van der Waals surface area contributed by atoms with Gasteiger partial charge in [-0.05, 0) is 24.1 Å². The Morgan fingerprint density at radius 2 is 2.06 bits per heavy atom. The number of thiophene rings is 1. The van der Waals surface area contributed by atoms with E-state index in [2.05, 4.69) is 39.1 Å². The average Bonchev–Trinajstić information content (AvgIpc) is 2.62. The van der Waals surface area contributed by atoms with Gasteiger partial charge in [0.25, 0.3) is 0 Å². The first-order valence-electron chi connectivity index (χ1n) is 5.91. The first-order chi connectivity index (χ1) is 7.90. The van der Waals surface area contributed by atoms with Gasteiger partial charge in [0.2, 0.25) is 0 Å². The average molecular weight is 276 g/mol. The molecule has 1 aromatic heterocycles. The summed E-state index contributed by atoms with van der Waals surface area (Å²) in [5.74, 6) is 0. The number of likely N-dealkylation sites (N-methyl/N-ethyl adjacent to an activating group) is 1. The topological polar surface area (TPSA) is 21.3 Å². The van der Waals surface area contributed by atoms with Crippen molar-refractivity contribution in [1.29, 1.82) is 0 Å². The number of ether oxygens (including phenoxy) is 1. The Labute approximate surface area is 113 Å². The van der Waals surface area contributed by atoms with Crippen LogP contribution in [-0.2, 0) is 4.74 Å². The lowest BCUT2D eigenvalue weighted by atomic mass is 9.84. The van der Waals surface area contributed by atoms with Gasteiger partial charge < -0.3 is 10.1 Å². The molecular formula is C13H22ClNOS. The van der Waals surface area contributed by atoms with Crippen molar-refractivity contribution in [3.63, 3.8) is 0 Å². The maximum atomic E-state index is 6.02.